The fourth-order valence-electron chi connectivity index (χ4n) is 0.888. The highest BCUT2D eigenvalue weighted by Gasteiger charge is 2.34. The van der Waals surface area contributed by atoms with E-state index in [9.17, 15) is 17.6 Å². The molecule has 0 saturated carbocycles. The van der Waals surface area contributed by atoms with Crippen molar-refractivity contribution in [1.29, 1.82) is 0 Å². The summed E-state index contributed by atoms with van der Waals surface area (Å²) >= 11 is 5.16. The second-order valence-corrected chi connectivity index (χ2v) is 3.02. The summed E-state index contributed by atoms with van der Waals surface area (Å²) < 4.78 is 51.1. The lowest BCUT2D eigenvalue weighted by Gasteiger charge is -2.14. The minimum Gasteiger partial charge on any atom is -0.390 e. The molecule has 0 amide bonds. The van der Waals surface area contributed by atoms with Gasteiger partial charge >= 0.3 is 0 Å². The molecular weight excluding hydrogens is 224 g/mol. The highest BCUT2D eigenvalue weighted by atomic mass is 35.5. The summed E-state index contributed by atoms with van der Waals surface area (Å²) in [5, 5.41) is 7.68. The molecule has 0 aliphatic rings. The minimum absolute atomic E-state index is 0.272. The molecule has 0 fully saturated rings. The Morgan fingerprint density at radius 2 is 1.79 bits per heavy atom. The molecule has 1 nitrogen and oxygen atoms in total. The summed E-state index contributed by atoms with van der Waals surface area (Å²) in [5.41, 5.74) is -1.21. The van der Waals surface area contributed by atoms with Gasteiger partial charge in [0.25, 0.3) is 5.92 Å². The van der Waals surface area contributed by atoms with E-state index in [1.54, 1.807) is 0 Å². The van der Waals surface area contributed by atoms with Crippen LogP contribution in [0.4, 0.5) is 17.6 Å². The van der Waals surface area contributed by atoms with Crippen molar-refractivity contribution in [2.75, 3.05) is 6.61 Å². The Balaban J connectivity index is 3.29. The molecule has 1 aromatic rings. The van der Waals surface area contributed by atoms with Gasteiger partial charge in [0.1, 0.15) is 18.2 Å². The maximum atomic E-state index is 12.9. The summed E-state index contributed by atoms with van der Waals surface area (Å²) in [4.78, 5) is 0. The summed E-state index contributed by atoms with van der Waals surface area (Å²) in [5.74, 6) is -6.32. The van der Waals surface area contributed by atoms with E-state index >= 15 is 0 Å². The van der Waals surface area contributed by atoms with Crippen LogP contribution in [0.2, 0.25) is 5.02 Å². The fourth-order valence-corrected chi connectivity index (χ4v) is 1.04. The number of halogens is 5. The number of alkyl halides is 2. The molecule has 78 valence electrons. The Bertz CT molecular complexity index is 353. The van der Waals surface area contributed by atoms with Crippen LogP contribution in [-0.4, -0.2) is 11.7 Å². The van der Waals surface area contributed by atoms with Crippen molar-refractivity contribution >= 4 is 11.6 Å². The second-order valence-electron chi connectivity index (χ2n) is 2.61. The molecule has 1 rings (SSSR count). The molecule has 0 unspecified atom stereocenters. The van der Waals surface area contributed by atoms with Crippen molar-refractivity contribution in [3.8, 4) is 0 Å². The predicted molar refractivity (Wildman–Crippen MR) is 42.3 cm³/mol. The Morgan fingerprint density at radius 1 is 1.21 bits per heavy atom. The molecule has 1 N–H and O–H groups in total. The third-order valence-electron chi connectivity index (χ3n) is 1.60. The van der Waals surface area contributed by atoms with Gasteiger partial charge in [0, 0.05) is 0 Å². The Kier molecular flexibility index (Phi) is 3.01. The summed E-state index contributed by atoms with van der Waals surface area (Å²) in [6.07, 6.45) is 0. The first-order chi connectivity index (χ1) is 6.38. The molecule has 0 aromatic heterocycles. The molecule has 0 atom stereocenters. The number of hydrogen-bond donors (Lipinski definition) is 1. The van der Waals surface area contributed by atoms with E-state index in [2.05, 4.69) is 0 Å². The predicted octanol–water partition coefficient (Wildman–Crippen LogP) is 2.70. The van der Waals surface area contributed by atoms with Crippen LogP contribution in [0, 0.1) is 11.6 Å². The first-order valence-corrected chi connectivity index (χ1v) is 3.90. The van der Waals surface area contributed by atoms with Crippen LogP contribution in [0.5, 0.6) is 0 Å². The van der Waals surface area contributed by atoms with Crippen LogP contribution < -0.4 is 0 Å². The van der Waals surface area contributed by atoms with E-state index in [-0.39, 0.29) is 6.07 Å². The zero-order valence-corrected chi connectivity index (χ0v) is 7.45. The van der Waals surface area contributed by atoms with E-state index in [0.717, 1.165) is 0 Å². The van der Waals surface area contributed by atoms with Crippen molar-refractivity contribution in [1.82, 2.24) is 0 Å². The molecule has 0 bridgehead atoms. The van der Waals surface area contributed by atoms with E-state index < -0.39 is 34.7 Å². The Labute approximate surface area is 81.9 Å². The number of hydrogen-bond acceptors (Lipinski definition) is 1. The van der Waals surface area contributed by atoms with Crippen molar-refractivity contribution in [3.05, 3.63) is 34.4 Å². The van der Waals surface area contributed by atoms with Gasteiger partial charge in [0.2, 0.25) is 0 Å². The largest absolute Gasteiger partial charge is 0.390 e. The first kappa shape index (κ1) is 11.3. The molecular formula is C8H5ClF4O. The number of rotatable bonds is 2. The summed E-state index contributed by atoms with van der Waals surface area (Å²) in [6.45, 7) is -1.59. The van der Waals surface area contributed by atoms with Gasteiger partial charge in [-0.1, -0.05) is 11.6 Å². The van der Waals surface area contributed by atoms with Crippen LogP contribution in [0.15, 0.2) is 12.1 Å². The van der Waals surface area contributed by atoms with Crippen LogP contribution in [0.3, 0.4) is 0 Å². The molecule has 14 heavy (non-hydrogen) atoms. The van der Waals surface area contributed by atoms with E-state index in [1.165, 1.54) is 0 Å². The highest BCUT2D eigenvalue weighted by molar-refractivity contribution is 6.30. The van der Waals surface area contributed by atoms with Gasteiger partial charge in [0.15, 0.2) is 0 Å². The number of aliphatic hydroxyl groups excluding tert-OH is 1. The topological polar surface area (TPSA) is 20.2 Å². The molecule has 0 saturated heterocycles. The van der Waals surface area contributed by atoms with Gasteiger partial charge in [0.05, 0.1) is 10.6 Å². The standard InChI is InChI=1S/C8H5ClF4O/c9-5-2-6(10)4(1-7(5)11)8(12,13)3-14/h1-2,14H,3H2. The van der Waals surface area contributed by atoms with Gasteiger partial charge in [-0.15, -0.1) is 0 Å². The second kappa shape index (κ2) is 3.74. The quantitative estimate of drug-likeness (QED) is 0.610. The summed E-state index contributed by atoms with van der Waals surface area (Å²) in [6, 6.07) is 0.712. The van der Waals surface area contributed by atoms with Crippen LogP contribution >= 0.6 is 11.6 Å². The van der Waals surface area contributed by atoms with Crippen molar-refractivity contribution in [2.24, 2.45) is 0 Å². The zero-order chi connectivity index (χ0) is 10.9. The van der Waals surface area contributed by atoms with Crippen molar-refractivity contribution in [2.45, 2.75) is 5.92 Å². The number of aliphatic hydroxyl groups is 1. The lowest BCUT2D eigenvalue weighted by Crippen LogP contribution is -2.20. The summed E-state index contributed by atoms with van der Waals surface area (Å²) in [7, 11) is 0. The van der Waals surface area contributed by atoms with Gasteiger partial charge in [-0.25, -0.2) is 8.78 Å². The third-order valence-corrected chi connectivity index (χ3v) is 1.89. The Hall–Kier alpha value is -0.810. The molecule has 0 radical (unpaired) electrons. The van der Waals surface area contributed by atoms with E-state index in [1.807, 2.05) is 0 Å². The maximum absolute atomic E-state index is 12.9. The number of benzene rings is 1. The van der Waals surface area contributed by atoms with Crippen LogP contribution in [0.1, 0.15) is 5.56 Å². The molecule has 0 aliphatic heterocycles. The molecule has 6 heteroatoms. The fraction of sp³-hybridized carbons (Fsp3) is 0.250. The first-order valence-electron chi connectivity index (χ1n) is 3.52. The van der Waals surface area contributed by atoms with Gasteiger partial charge in [-0.3, -0.25) is 0 Å². The normalized spacial score (nSPS) is 11.9. The molecule has 1 aromatic carbocycles. The van der Waals surface area contributed by atoms with Crippen molar-refractivity contribution in [3.63, 3.8) is 0 Å². The lowest BCUT2D eigenvalue weighted by atomic mass is 10.1. The molecule has 0 aliphatic carbocycles. The molecule has 0 heterocycles. The van der Waals surface area contributed by atoms with Gasteiger partial charge in [-0.2, -0.15) is 8.78 Å². The van der Waals surface area contributed by atoms with Gasteiger partial charge < -0.3 is 5.11 Å². The maximum Gasteiger partial charge on any atom is 0.298 e. The van der Waals surface area contributed by atoms with Crippen LogP contribution in [0.25, 0.3) is 0 Å². The highest BCUT2D eigenvalue weighted by Crippen LogP contribution is 2.32. The van der Waals surface area contributed by atoms with Crippen LogP contribution in [-0.2, 0) is 5.92 Å². The average Bonchev–Trinajstić information content (AvgIpc) is 2.11. The lowest BCUT2D eigenvalue weighted by molar-refractivity contribution is -0.0584. The Morgan fingerprint density at radius 3 is 2.29 bits per heavy atom. The monoisotopic (exact) mass is 228 g/mol. The van der Waals surface area contributed by atoms with Crippen molar-refractivity contribution < 1.29 is 22.7 Å². The SMILES string of the molecule is OCC(F)(F)c1cc(F)c(Cl)cc1F. The molecule has 0 spiro atoms. The van der Waals surface area contributed by atoms with Gasteiger partial charge in [-0.05, 0) is 12.1 Å². The minimum atomic E-state index is -3.81. The van der Waals surface area contributed by atoms with E-state index in [4.69, 9.17) is 16.7 Å². The average molecular weight is 229 g/mol. The zero-order valence-electron chi connectivity index (χ0n) is 6.70. The third kappa shape index (κ3) is 1.99. The van der Waals surface area contributed by atoms with E-state index in [0.29, 0.717) is 6.07 Å². The smallest absolute Gasteiger partial charge is 0.298 e.